The summed E-state index contributed by atoms with van der Waals surface area (Å²) in [6.07, 6.45) is 80.8. The van der Waals surface area contributed by atoms with Crippen molar-refractivity contribution in [2.75, 3.05) is 39.6 Å². The Hall–Kier alpha value is -4.28. The van der Waals surface area contributed by atoms with E-state index in [1.807, 2.05) is 18.2 Å². The molecule has 0 rings (SSSR count). The minimum atomic E-state index is -4.99. The lowest BCUT2D eigenvalue weighted by Gasteiger charge is -2.21. The Labute approximate surface area is 619 Å². The fraction of sp³-hybridized carbons (Fsp3) is 0.735. The van der Waals surface area contributed by atoms with Crippen molar-refractivity contribution < 1.29 is 80.2 Å². The van der Waals surface area contributed by atoms with E-state index in [4.69, 9.17) is 37.0 Å². The number of allylic oxidation sites excluding steroid dienone is 18. The first kappa shape index (κ1) is 97.7. The minimum Gasteiger partial charge on any atom is -0.462 e. The van der Waals surface area contributed by atoms with Crippen LogP contribution in [0.5, 0.6) is 0 Å². The summed E-state index contributed by atoms with van der Waals surface area (Å²) in [6.45, 7) is 4.60. The molecule has 3 N–H and O–H groups in total. The van der Waals surface area contributed by atoms with Crippen LogP contribution in [-0.4, -0.2) is 96.7 Å². The van der Waals surface area contributed by atoms with E-state index in [0.717, 1.165) is 148 Å². The molecule has 0 saturated heterocycles. The van der Waals surface area contributed by atoms with E-state index in [0.29, 0.717) is 32.1 Å². The number of hydrogen-bond acceptors (Lipinski definition) is 15. The monoisotopic (exact) mass is 1470 g/mol. The molecule has 0 amide bonds. The summed E-state index contributed by atoms with van der Waals surface area (Å²) in [5.74, 6) is -2.26. The zero-order chi connectivity index (χ0) is 74.6. The summed E-state index contributed by atoms with van der Waals surface area (Å²) in [5.41, 5.74) is 0. The van der Waals surface area contributed by atoms with E-state index in [1.165, 1.54) is 103 Å². The maximum atomic E-state index is 13.1. The van der Waals surface area contributed by atoms with Gasteiger partial charge < -0.3 is 33.8 Å². The molecular weight excluding hydrogens is 1330 g/mol. The topological polar surface area (TPSA) is 237 Å². The average Bonchev–Trinajstić information content (AvgIpc) is 0.909. The van der Waals surface area contributed by atoms with Gasteiger partial charge in [0.15, 0.2) is 12.2 Å². The number of ether oxygens (including phenoxy) is 4. The van der Waals surface area contributed by atoms with Crippen LogP contribution in [0.25, 0.3) is 0 Å². The highest BCUT2D eigenvalue weighted by molar-refractivity contribution is 7.47. The molecule has 5 unspecified atom stereocenters. The van der Waals surface area contributed by atoms with Gasteiger partial charge in [0.2, 0.25) is 0 Å². The summed E-state index contributed by atoms with van der Waals surface area (Å²) in [6, 6.07) is 0. The molecule has 19 heteroatoms. The average molecular weight is 1480 g/mol. The third-order valence-electron chi connectivity index (χ3n) is 16.8. The van der Waals surface area contributed by atoms with Gasteiger partial charge in [-0.05, 0) is 96.3 Å². The number of aliphatic hydroxyl groups is 1. The van der Waals surface area contributed by atoms with Crippen molar-refractivity contribution in [3.05, 3.63) is 109 Å². The van der Waals surface area contributed by atoms with Crippen LogP contribution in [0.2, 0.25) is 0 Å². The zero-order valence-electron chi connectivity index (χ0n) is 64.3. The summed E-state index contributed by atoms with van der Waals surface area (Å²) < 4.78 is 68.5. The van der Waals surface area contributed by atoms with Gasteiger partial charge >= 0.3 is 39.5 Å². The van der Waals surface area contributed by atoms with Gasteiger partial charge in [-0.3, -0.25) is 37.3 Å². The van der Waals surface area contributed by atoms with Crippen molar-refractivity contribution in [2.45, 2.75) is 354 Å². The highest BCUT2D eigenvalue weighted by Crippen LogP contribution is 2.45. The number of phosphoric acid groups is 2. The third kappa shape index (κ3) is 74.0. The van der Waals surface area contributed by atoms with Crippen molar-refractivity contribution in [2.24, 2.45) is 0 Å². The molecule has 0 aromatic rings. The molecule has 0 spiro atoms. The SMILES string of the molecule is CC/C=C\C/C=C\C/C=C\C/C=C\C/C=C\C/C=C\CCC(=O)OCC(COP(=O)(O)OCC(O)COP(=O)(O)OCC(COC(=O)CCCCCCCCC/C=C\C/C=C\C/C=C\CC)OC(=O)CCCCCCCCCCCCCCC)OC(=O)CCCCCCCCCCCCCCC. The lowest BCUT2D eigenvalue weighted by atomic mass is 10.0. The van der Waals surface area contributed by atoms with E-state index in [2.05, 4.69) is 119 Å². The molecule has 588 valence electrons. The number of unbranched alkanes of at least 4 members (excludes halogenated alkanes) is 31. The number of carbonyl (C=O) groups excluding carboxylic acids is 4. The normalized spacial score (nSPS) is 14.5. The van der Waals surface area contributed by atoms with Gasteiger partial charge in [-0.25, -0.2) is 9.13 Å². The van der Waals surface area contributed by atoms with Gasteiger partial charge in [0.1, 0.15) is 19.3 Å². The Bertz CT molecular complexity index is 2360. The second kappa shape index (κ2) is 75.0. The van der Waals surface area contributed by atoms with Crippen LogP contribution < -0.4 is 0 Å². The van der Waals surface area contributed by atoms with Gasteiger partial charge in [0.25, 0.3) is 0 Å². The molecule has 0 radical (unpaired) electrons. The van der Waals surface area contributed by atoms with Crippen molar-refractivity contribution in [1.29, 1.82) is 0 Å². The number of phosphoric ester groups is 2. The van der Waals surface area contributed by atoms with E-state index >= 15 is 0 Å². The number of carbonyl (C=O) groups is 4. The van der Waals surface area contributed by atoms with Crippen molar-refractivity contribution in [3.8, 4) is 0 Å². The van der Waals surface area contributed by atoms with Crippen LogP contribution in [0, 0.1) is 0 Å². The Kier molecular flexibility index (Phi) is 71.8. The summed E-state index contributed by atoms with van der Waals surface area (Å²) in [4.78, 5) is 73.0. The smallest absolute Gasteiger partial charge is 0.462 e. The fourth-order valence-corrected chi connectivity index (χ4v) is 12.3. The van der Waals surface area contributed by atoms with Crippen LogP contribution in [0.15, 0.2) is 109 Å². The predicted molar refractivity (Wildman–Crippen MR) is 418 cm³/mol. The van der Waals surface area contributed by atoms with Gasteiger partial charge in [0.05, 0.1) is 26.4 Å². The molecule has 0 bridgehead atoms. The first-order chi connectivity index (χ1) is 49.7. The fourth-order valence-electron chi connectivity index (χ4n) is 10.7. The maximum absolute atomic E-state index is 13.1. The molecule has 5 atom stereocenters. The Morgan fingerprint density at radius 3 is 0.843 bits per heavy atom. The maximum Gasteiger partial charge on any atom is 0.472 e. The van der Waals surface area contributed by atoms with Crippen LogP contribution in [0.4, 0.5) is 0 Å². The lowest BCUT2D eigenvalue weighted by Crippen LogP contribution is -2.30. The lowest BCUT2D eigenvalue weighted by molar-refractivity contribution is -0.161. The molecule has 0 heterocycles. The second-order valence-corrected chi connectivity index (χ2v) is 29.5. The van der Waals surface area contributed by atoms with E-state index in [9.17, 15) is 43.2 Å². The largest absolute Gasteiger partial charge is 0.472 e. The summed E-state index contributed by atoms with van der Waals surface area (Å²) in [5, 5.41) is 10.6. The molecule has 0 fully saturated rings. The molecule has 0 aliphatic heterocycles. The number of hydrogen-bond donors (Lipinski definition) is 3. The number of aliphatic hydroxyl groups excluding tert-OH is 1. The Morgan fingerprint density at radius 2 is 0.529 bits per heavy atom. The number of esters is 4. The van der Waals surface area contributed by atoms with E-state index < -0.39 is 97.5 Å². The van der Waals surface area contributed by atoms with Gasteiger partial charge in [-0.1, -0.05) is 323 Å². The molecule has 17 nitrogen and oxygen atoms in total. The van der Waals surface area contributed by atoms with Gasteiger partial charge in [-0.15, -0.1) is 0 Å². The standard InChI is InChI=1S/C83H144O17P2/c1-5-9-13-17-21-25-29-33-35-37-38-40-42-46-48-52-56-60-64-68-81(86)94-74-79(100-83(88)70-66-62-58-54-50-44-32-28-24-20-16-12-8-4)76-98-102(91,92)96-72-77(84)71-95-101(89,90)97-75-78(99-82(87)69-65-61-57-53-49-43-31-27-23-19-15-11-7-3)73-93-80(85)67-63-59-55-51-47-45-41-39-36-34-30-26-22-18-14-10-6-2/h9-10,13-14,21-22,25-26,33-36,38,40,46,48,56,60,77-79,84H,5-8,11-12,15-20,23-24,27-32,37,39,41-45,47,49-55,57-59,61-76H2,1-4H3,(H,89,90)(H,91,92)/b13-9-,14-10-,25-21-,26-22-,35-33-,36-34-,40-38-,48-46-,60-56-. The van der Waals surface area contributed by atoms with Crippen LogP contribution >= 0.6 is 15.6 Å². The number of rotatable bonds is 75. The van der Waals surface area contributed by atoms with Gasteiger partial charge in [0, 0.05) is 25.7 Å². The van der Waals surface area contributed by atoms with E-state index in [1.54, 1.807) is 0 Å². The van der Waals surface area contributed by atoms with Crippen LogP contribution in [0.1, 0.15) is 336 Å². The van der Waals surface area contributed by atoms with Crippen molar-refractivity contribution in [1.82, 2.24) is 0 Å². The molecule has 102 heavy (non-hydrogen) atoms. The Balaban J connectivity index is 5.38. The van der Waals surface area contributed by atoms with Crippen molar-refractivity contribution >= 4 is 39.5 Å². The van der Waals surface area contributed by atoms with Gasteiger partial charge in [-0.2, -0.15) is 0 Å². The zero-order valence-corrected chi connectivity index (χ0v) is 66.0. The first-order valence-electron chi connectivity index (χ1n) is 40.1. The van der Waals surface area contributed by atoms with E-state index in [-0.39, 0.29) is 25.7 Å². The quantitative estimate of drug-likeness (QED) is 0.0169. The molecule has 0 aromatic heterocycles. The second-order valence-electron chi connectivity index (χ2n) is 26.6. The molecule has 0 aliphatic carbocycles. The highest BCUT2D eigenvalue weighted by atomic mass is 31.2. The molecule has 0 aromatic carbocycles. The van der Waals surface area contributed by atoms with Crippen molar-refractivity contribution in [3.63, 3.8) is 0 Å². The predicted octanol–water partition coefficient (Wildman–Crippen LogP) is 23.3. The minimum absolute atomic E-state index is 0.0377. The third-order valence-corrected chi connectivity index (χ3v) is 18.7. The highest BCUT2D eigenvalue weighted by Gasteiger charge is 2.30. The summed E-state index contributed by atoms with van der Waals surface area (Å²) >= 11 is 0. The first-order valence-corrected chi connectivity index (χ1v) is 43.1. The van der Waals surface area contributed by atoms with Crippen LogP contribution in [0.3, 0.4) is 0 Å². The van der Waals surface area contributed by atoms with Crippen LogP contribution in [-0.2, 0) is 65.4 Å². The molecule has 0 aliphatic rings. The molecule has 0 saturated carbocycles. The molecular formula is C83H144O17P2. The summed E-state index contributed by atoms with van der Waals surface area (Å²) in [7, 11) is -9.97. The Morgan fingerprint density at radius 1 is 0.284 bits per heavy atom.